The van der Waals surface area contributed by atoms with Crippen LogP contribution in [0.15, 0.2) is 219 Å². The summed E-state index contributed by atoms with van der Waals surface area (Å²) in [5.74, 6) is 5.78. The van der Waals surface area contributed by atoms with Crippen molar-refractivity contribution in [3.05, 3.63) is 241 Å². The summed E-state index contributed by atoms with van der Waals surface area (Å²) in [6.07, 6.45) is 17.5. The van der Waals surface area contributed by atoms with Crippen molar-refractivity contribution in [1.29, 1.82) is 5.41 Å². The van der Waals surface area contributed by atoms with Gasteiger partial charge in [-0.3, -0.25) is 0 Å². The van der Waals surface area contributed by atoms with Crippen molar-refractivity contribution < 1.29 is 0 Å². The van der Waals surface area contributed by atoms with Gasteiger partial charge in [-0.05, 0) is 97.6 Å². The number of benzene rings is 5. The quantitative estimate of drug-likeness (QED) is 0.0776. The van der Waals surface area contributed by atoms with Crippen molar-refractivity contribution >= 4 is 43.8 Å². The van der Waals surface area contributed by atoms with Crippen molar-refractivity contribution in [2.45, 2.75) is 32.7 Å². The Morgan fingerprint density at radius 2 is 1.39 bits per heavy atom. The van der Waals surface area contributed by atoms with Crippen LogP contribution in [0.3, 0.4) is 0 Å². The molecule has 0 radical (unpaired) electrons. The zero-order chi connectivity index (χ0) is 43.1. The van der Waals surface area contributed by atoms with Crippen LogP contribution in [0.2, 0.25) is 0 Å². The van der Waals surface area contributed by atoms with E-state index in [-0.39, 0.29) is 6.04 Å². The number of allylic oxidation sites excluding steroid dienone is 8. The summed E-state index contributed by atoms with van der Waals surface area (Å²) in [4.78, 5) is 5.30. The number of hydrogen-bond acceptors (Lipinski definition) is 4. The number of rotatable bonds is 11. The Kier molecular flexibility index (Phi) is 18.2. The van der Waals surface area contributed by atoms with Crippen LogP contribution in [-0.2, 0) is 6.42 Å². The molecule has 1 atom stereocenters. The minimum absolute atomic E-state index is 0.0885. The normalized spacial score (nSPS) is 11.6. The van der Waals surface area contributed by atoms with Crippen molar-refractivity contribution in [3.8, 4) is 34.2 Å². The Morgan fingerprint density at radius 3 is 2.16 bits per heavy atom. The van der Waals surface area contributed by atoms with E-state index in [0.717, 1.165) is 52.1 Å². The van der Waals surface area contributed by atoms with Crippen LogP contribution in [0.4, 0.5) is 0 Å². The smallest absolute Gasteiger partial charge is 0.0710 e. The van der Waals surface area contributed by atoms with E-state index in [9.17, 15) is 0 Å². The maximum absolute atomic E-state index is 6.58. The Balaban J connectivity index is 0.000000702. The highest BCUT2D eigenvalue weighted by Gasteiger charge is 2.09. The van der Waals surface area contributed by atoms with Crippen LogP contribution in [0.25, 0.3) is 48.1 Å². The molecule has 0 aliphatic rings. The number of aromatic nitrogens is 1. The summed E-state index contributed by atoms with van der Waals surface area (Å²) in [5, 5.41) is 8.07. The minimum Gasteiger partial charge on any atom is -0.324 e. The maximum atomic E-state index is 6.58. The zero-order valence-corrected chi connectivity index (χ0v) is 35.9. The van der Waals surface area contributed by atoms with Crippen LogP contribution < -0.4 is 5.73 Å². The van der Waals surface area contributed by atoms with Gasteiger partial charge in [-0.25, -0.2) is 4.98 Å². The highest BCUT2D eigenvalue weighted by molar-refractivity contribution is 7.25. The Hall–Kier alpha value is -7.16. The lowest BCUT2D eigenvalue weighted by molar-refractivity contribution is 0.741. The van der Waals surface area contributed by atoms with E-state index in [1.807, 2.05) is 85.0 Å². The van der Waals surface area contributed by atoms with Gasteiger partial charge >= 0.3 is 0 Å². The van der Waals surface area contributed by atoms with E-state index >= 15 is 0 Å². The molecule has 0 spiro atoms. The molecular weight excluding hydrogens is 759 g/mol. The highest BCUT2D eigenvalue weighted by Crippen LogP contribution is 2.36. The van der Waals surface area contributed by atoms with Crippen LogP contribution in [-0.4, -0.2) is 11.7 Å². The standard InChI is InChI=1S/C49H42N2S.C7H8.CH3N/c1-3-5-7-8-10-13-26-45(50)41-24-19-23-40(35-41)39-22-18-20-37(34-39)30-31-38(21-6-4-2)46-27-14-11-9-12-15-28-47(51-46)42-32-33-44-43-25-16-17-29-48(43)52-49(44)36-42;1-7-5-3-2-4-6-7;1-2/h4,6-25,27-29,31-36,45H,2,26,30,50H2,1H3;2-6H,1H3;2H,1H2/b8-7-,11-9?,12-9?,13-10-,14-11?,15-12?,21-6-,27-14?,28-15?,38-31+,46-27?,47-28?,51-46?,51-47?;;. The van der Waals surface area contributed by atoms with E-state index in [2.05, 4.69) is 172 Å². The molecule has 0 fully saturated rings. The summed E-state index contributed by atoms with van der Waals surface area (Å²) in [7, 11) is 0. The zero-order valence-electron chi connectivity index (χ0n) is 35.0. The molecule has 0 aliphatic carbocycles. The molecule has 0 bridgehead atoms. The number of nitrogens with zero attached hydrogens (tertiary/aromatic N) is 1. The third kappa shape index (κ3) is 13.7. The molecule has 0 saturated heterocycles. The molecule has 2 heterocycles. The van der Waals surface area contributed by atoms with Gasteiger partial charge in [0.25, 0.3) is 0 Å². The first-order valence-corrected chi connectivity index (χ1v) is 21.1. The van der Waals surface area contributed by atoms with Gasteiger partial charge in [-0.15, -0.1) is 17.3 Å². The second-order valence-electron chi connectivity index (χ2n) is 13.9. The largest absolute Gasteiger partial charge is 0.324 e. The number of fused-ring (bicyclic) bond motifs is 3. The molecule has 2 aromatic heterocycles. The predicted molar refractivity (Wildman–Crippen MR) is 267 cm³/mol. The van der Waals surface area contributed by atoms with Crippen molar-refractivity contribution in [2.75, 3.05) is 0 Å². The summed E-state index contributed by atoms with van der Waals surface area (Å²) in [5.41, 5.74) is 16.4. The molecule has 7 aromatic rings. The summed E-state index contributed by atoms with van der Waals surface area (Å²) >= 11 is 1.82. The number of nitrogens with two attached hydrogens (primary N) is 1. The van der Waals surface area contributed by atoms with E-state index < -0.39 is 0 Å². The van der Waals surface area contributed by atoms with Crippen LogP contribution in [0.1, 0.15) is 41.8 Å². The van der Waals surface area contributed by atoms with Gasteiger partial charge in [0.05, 0.1) is 11.4 Å². The SMILES string of the molecule is C=C/C=C\C(=C/Cc1cccc(-c2cccc(C(N)C/C=C\C=C/C#CC)c2)c1)c1cccccccc(-c2ccc3c(c2)sc2ccccc23)n1.C=N.Cc1ccccc1. The number of thiophene rings is 1. The molecule has 7 rings (SSSR count). The summed E-state index contributed by atoms with van der Waals surface area (Å²) in [6.45, 7) is 10.4. The minimum atomic E-state index is -0.0885. The van der Waals surface area contributed by atoms with Gasteiger partial charge in [-0.1, -0.05) is 194 Å². The lowest BCUT2D eigenvalue weighted by Crippen LogP contribution is -2.08. The van der Waals surface area contributed by atoms with Crippen molar-refractivity contribution in [3.63, 3.8) is 0 Å². The van der Waals surface area contributed by atoms with E-state index in [1.54, 1.807) is 6.08 Å². The molecule has 1 unspecified atom stereocenters. The van der Waals surface area contributed by atoms with E-state index in [4.69, 9.17) is 16.1 Å². The van der Waals surface area contributed by atoms with Crippen LogP contribution in [0.5, 0.6) is 0 Å². The third-order valence-corrected chi connectivity index (χ3v) is 10.7. The van der Waals surface area contributed by atoms with Gasteiger partial charge in [0, 0.05) is 31.8 Å². The molecule has 0 amide bonds. The number of hydrogen-bond donors (Lipinski definition) is 2. The number of aryl methyl sites for hydroxylation is 1. The average molecular weight is 812 g/mol. The molecule has 3 N–H and O–H groups in total. The molecule has 0 saturated carbocycles. The fraction of sp³-hybridized carbons (Fsp3) is 0.0877. The molecule has 302 valence electrons. The Labute approximate surface area is 366 Å². The van der Waals surface area contributed by atoms with Crippen LogP contribution in [0, 0.1) is 24.2 Å². The Morgan fingerprint density at radius 1 is 0.705 bits per heavy atom. The average Bonchev–Trinajstić information content (AvgIpc) is 3.68. The summed E-state index contributed by atoms with van der Waals surface area (Å²) in [6, 6.07) is 57.1. The molecule has 5 aromatic carbocycles. The molecule has 0 aliphatic heterocycles. The monoisotopic (exact) mass is 811 g/mol. The second-order valence-corrected chi connectivity index (χ2v) is 15.0. The molecule has 3 nitrogen and oxygen atoms in total. The fourth-order valence-electron chi connectivity index (χ4n) is 6.54. The first kappa shape index (κ1) is 44.9. The molecule has 61 heavy (non-hydrogen) atoms. The predicted octanol–water partition coefficient (Wildman–Crippen LogP) is 15.1. The highest BCUT2D eigenvalue weighted by atomic mass is 32.1. The first-order valence-electron chi connectivity index (χ1n) is 20.3. The first-order chi connectivity index (χ1) is 30.0. The Bertz CT molecular complexity index is 2760. The van der Waals surface area contributed by atoms with Gasteiger partial charge in [0.1, 0.15) is 0 Å². The van der Waals surface area contributed by atoms with E-state index in [0.29, 0.717) is 0 Å². The van der Waals surface area contributed by atoms with Crippen molar-refractivity contribution in [2.24, 2.45) is 5.73 Å². The summed E-state index contributed by atoms with van der Waals surface area (Å²) < 4.78 is 2.55. The van der Waals surface area contributed by atoms with Crippen LogP contribution >= 0.6 is 11.3 Å². The molecular formula is C57H53N3S. The lowest BCUT2D eigenvalue weighted by Gasteiger charge is -2.12. The third-order valence-electron chi connectivity index (χ3n) is 9.61. The van der Waals surface area contributed by atoms with Crippen molar-refractivity contribution in [1.82, 2.24) is 4.98 Å². The van der Waals surface area contributed by atoms with Gasteiger partial charge in [-0.2, -0.15) is 0 Å². The topological polar surface area (TPSA) is 62.8 Å². The van der Waals surface area contributed by atoms with Gasteiger partial charge in [0.2, 0.25) is 0 Å². The van der Waals surface area contributed by atoms with E-state index in [1.165, 1.54) is 31.3 Å². The maximum Gasteiger partial charge on any atom is 0.0710 e. The fourth-order valence-corrected chi connectivity index (χ4v) is 7.69. The van der Waals surface area contributed by atoms with Gasteiger partial charge < -0.3 is 11.1 Å². The second kappa shape index (κ2) is 24.7. The lowest BCUT2D eigenvalue weighted by atomic mass is 9.96. The number of nitrogens with one attached hydrogen (secondary N) is 1. The molecule has 4 heteroatoms. The van der Waals surface area contributed by atoms with Gasteiger partial charge in [0.15, 0.2) is 0 Å².